The number of rotatable bonds is 10. The predicted octanol–water partition coefficient (Wildman–Crippen LogP) is 5.18. The molecule has 0 atom stereocenters. The van der Waals surface area contributed by atoms with Crippen LogP contribution in [-0.4, -0.2) is 38.4 Å². The monoisotopic (exact) mass is 465 g/mol. The van der Waals surface area contributed by atoms with Crippen molar-refractivity contribution >= 4 is 17.3 Å². The van der Waals surface area contributed by atoms with Crippen LogP contribution in [0.1, 0.15) is 23.0 Å². The lowest BCUT2D eigenvalue weighted by Crippen LogP contribution is -2.11. The SMILES string of the molecule is CCOc1ccc(-c2nc(COC(=O)c3cccc(OC)c3OC(F)F)cs2)cc1OC. The number of hydrogen-bond donors (Lipinski definition) is 0. The van der Waals surface area contributed by atoms with E-state index in [1.165, 1.54) is 36.6 Å². The first kappa shape index (κ1) is 23.3. The Morgan fingerprint density at radius 2 is 1.88 bits per heavy atom. The van der Waals surface area contributed by atoms with Gasteiger partial charge in [0.2, 0.25) is 0 Å². The molecule has 1 heterocycles. The Morgan fingerprint density at radius 1 is 1.09 bits per heavy atom. The lowest BCUT2D eigenvalue weighted by Gasteiger charge is -2.13. The molecule has 0 aliphatic carbocycles. The Bertz CT molecular complexity index is 1070. The molecule has 0 unspecified atom stereocenters. The van der Waals surface area contributed by atoms with Gasteiger partial charge in [-0.1, -0.05) is 6.07 Å². The van der Waals surface area contributed by atoms with Crippen molar-refractivity contribution in [1.29, 1.82) is 0 Å². The molecule has 0 amide bonds. The number of thiazole rings is 1. The number of benzene rings is 2. The van der Waals surface area contributed by atoms with E-state index in [9.17, 15) is 13.6 Å². The third-order valence-corrected chi connectivity index (χ3v) is 5.18. The van der Waals surface area contributed by atoms with Gasteiger partial charge in [-0.2, -0.15) is 8.78 Å². The lowest BCUT2D eigenvalue weighted by atomic mass is 10.2. The van der Waals surface area contributed by atoms with Crippen LogP contribution in [0, 0.1) is 0 Å². The average Bonchev–Trinajstić information content (AvgIpc) is 3.26. The average molecular weight is 465 g/mol. The first-order valence-electron chi connectivity index (χ1n) is 9.51. The van der Waals surface area contributed by atoms with Gasteiger partial charge in [0.1, 0.15) is 17.2 Å². The largest absolute Gasteiger partial charge is 0.493 e. The third kappa shape index (κ3) is 5.44. The summed E-state index contributed by atoms with van der Waals surface area (Å²) < 4.78 is 51.1. The highest BCUT2D eigenvalue weighted by Gasteiger charge is 2.22. The molecular weight excluding hydrogens is 444 g/mol. The molecule has 32 heavy (non-hydrogen) atoms. The number of aromatic nitrogens is 1. The maximum absolute atomic E-state index is 12.8. The van der Waals surface area contributed by atoms with Gasteiger partial charge in [0.15, 0.2) is 23.0 Å². The van der Waals surface area contributed by atoms with Crippen molar-refractivity contribution < 1.29 is 37.3 Å². The number of para-hydroxylation sites is 1. The van der Waals surface area contributed by atoms with Gasteiger partial charge in [0.25, 0.3) is 0 Å². The van der Waals surface area contributed by atoms with Crippen LogP contribution in [0.4, 0.5) is 8.78 Å². The summed E-state index contributed by atoms with van der Waals surface area (Å²) in [5, 5.41) is 2.44. The molecule has 10 heteroatoms. The lowest BCUT2D eigenvalue weighted by molar-refractivity contribution is -0.0518. The summed E-state index contributed by atoms with van der Waals surface area (Å²) in [5.74, 6) is -0.00545. The van der Waals surface area contributed by atoms with E-state index < -0.39 is 12.6 Å². The van der Waals surface area contributed by atoms with Crippen molar-refractivity contribution in [3.8, 4) is 33.6 Å². The molecule has 0 bridgehead atoms. The van der Waals surface area contributed by atoms with Crippen LogP contribution >= 0.6 is 11.3 Å². The minimum Gasteiger partial charge on any atom is -0.493 e. The smallest absolute Gasteiger partial charge is 0.387 e. The van der Waals surface area contributed by atoms with Gasteiger partial charge >= 0.3 is 12.6 Å². The summed E-state index contributed by atoms with van der Waals surface area (Å²) in [6.45, 7) is -0.866. The van der Waals surface area contributed by atoms with Gasteiger partial charge in [-0.05, 0) is 37.3 Å². The molecule has 0 saturated heterocycles. The molecule has 3 rings (SSSR count). The van der Waals surface area contributed by atoms with E-state index in [0.29, 0.717) is 28.8 Å². The molecular formula is C22H21F2NO6S. The fourth-order valence-electron chi connectivity index (χ4n) is 2.85. The molecule has 0 N–H and O–H groups in total. The van der Waals surface area contributed by atoms with E-state index >= 15 is 0 Å². The molecule has 0 radical (unpaired) electrons. The van der Waals surface area contributed by atoms with Crippen molar-refractivity contribution in [2.75, 3.05) is 20.8 Å². The fourth-order valence-corrected chi connectivity index (χ4v) is 3.65. The van der Waals surface area contributed by atoms with Crippen LogP contribution in [0.5, 0.6) is 23.0 Å². The highest BCUT2D eigenvalue weighted by atomic mass is 32.1. The van der Waals surface area contributed by atoms with E-state index in [4.69, 9.17) is 18.9 Å². The zero-order chi connectivity index (χ0) is 23.1. The molecule has 1 aromatic heterocycles. The quantitative estimate of drug-likeness (QED) is 0.382. The Labute approximate surface area is 187 Å². The first-order valence-corrected chi connectivity index (χ1v) is 10.4. The van der Waals surface area contributed by atoms with Gasteiger partial charge in [-0.3, -0.25) is 0 Å². The maximum atomic E-state index is 12.8. The number of carbonyl (C=O) groups excluding carboxylic acids is 1. The van der Waals surface area contributed by atoms with Crippen LogP contribution in [0.2, 0.25) is 0 Å². The number of carbonyl (C=O) groups is 1. The minimum atomic E-state index is -3.12. The summed E-state index contributed by atoms with van der Waals surface area (Å²) in [7, 11) is 2.84. The second kappa shape index (κ2) is 10.8. The van der Waals surface area contributed by atoms with E-state index in [0.717, 1.165) is 5.56 Å². The van der Waals surface area contributed by atoms with Crippen LogP contribution in [0.25, 0.3) is 10.6 Å². The number of methoxy groups -OCH3 is 2. The maximum Gasteiger partial charge on any atom is 0.387 e. The molecule has 0 spiro atoms. The van der Waals surface area contributed by atoms with Gasteiger partial charge < -0.3 is 23.7 Å². The van der Waals surface area contributed by atoms with Crippen molar-refractivity contribution in [3.05, 3.63) is 53.0 Å². The molecule has 0 fully saturated rings. The minimum absolute atomic E-state index is 0.000131. The van der Waals surface area contributed by atoms with Crippen LogP contribution < -0.4 is 18.9 Å². The Morgan fingerprint density at radius 3 is 2.56 bits per heavy atom. The Kier molecular flexibility index (Phi) is 7.82. The zero-order valence-electron chi connectivity index (χ0n) is 17.6. The second-order valence-electron chi connectivity index (χ2n) is 6.23. The molecule has 0 saturated carbocycles. The predicted molar refractivity (Wildman–Crippen MR) is 114 cm³/mol. The zero-order valence-corrected chi connectivity index (χ0v) is 18.4. The summed E-state index contributed by atoms with van der Waals surface area (Å²) >= 11 is 1.36. The molecule has 2 aromatic carbocycles. The summed E-state index contributed by atoms with van der Waals surface area (Å²) in [6.07, 6.45) is 0. The van der Waals surface area contributed by atoms with Crippen LogP contribution in [0.3, 0.4) is 0 Å². The van der Waals surface area contributed by atoms with E-state index in [-0.39, 0.29) is 23.7 Å². The highest BCUT2D eigenvalue weighted by molar-refractivity contribution is 7.13. The number of ether oxygens (including phenoxy) is 5. The van der Waals surface area contributed by atoms with Crippen molar-refractivity contribution in [3.63, 3.8) is 0 Å². The normalized spacial score (nSPS) is 10.7. The molecule has 7 nitrogen and oxygen atoms in total. The number of halogens is 2. The van der Waals surface area contributed by atoms with E-state index in [1.54, 1.807) is 18.6 Å². The van der Waals surface area contributed by atoms with Gasteiger partial charge in [0, 0.05) is 10.9 Å². The van der Waals surface area contributed by atoms with E-state index in [2.05, 4.69) is 9.72 Å². The van der Waals surface area contributed by atoms with Crippen LogP contribution in [-0.2, 0) is 11.3 Å². The number of alkyl halides is 2. The van der Waals surface area contributed by atoms with Gasteiger partial charge in [0.05, 0.1) is 26.5 Å². The van der Waals surface area contributed by atoms with Gasteiger partial charge in [-0.25, -0.2) is 9.78 Å². The van der Waals surface area contributed by atoms with E-state index in [1.807, 2.05) is 19.1 Å². The van der Waals surface area contributed by atoms with Crippen molar-refractivity contribution in [2.24, 2.45) is 0 Å². The number of nitrogens with zero attached hydrogens (tertiary/aromatic N) is 1. The topological polar surface area (TPSA) is 76.1 Å². The van der Waals surface area contributed by atoms with Crippen molar-refractivity contribution in [2.45, 2.75) is 20.1 Å². The first-order chi connectivity index (χ1) is 15.5. The second-order valence-corrected chi connectivity index (χ2v) is 7.09. The van der Waals surface area contributed by atoms with Crippen LogP contribution in [0.15, 0.2) is 41.8 Å². The summed E-state index contributed by atoms with van der Waals surface area (Å²) in [4.78, 5) is 17.0. The Balaban J connectivity index is 1.73. The van der Waals surface area contributed by atoms with Crippen molar-refractivity contribution in [1.82, 2.24) is 4.98 Å². The fraction of sp³-hybridized carbons (Fsp3) is 0.273. The molecule has 0 aliphatic heterocycles. The number of esters is 1. The van der Waals surface area contributed by atoms with Gasteiger partial charge in [-0.15, -0.1) is 11.3 Å². The molecule has 3 aromatic rings. The molecule has 170 valence electrons. The standard InChI is InChI=1S/C22H21F2NO6S/c1-4-29-16-9-8-13(10-18(16)28-3)20-25-14(12-32-20)11-30-21(26)15-6-5-7-17(27-2)19(15)31-22(23)24/h5-10,12,22H,4,11H2,1-3H3. The summed E-state index contributed by atoms with van der Waals surface area (Å²) in [5.41, 5.74) is 1.15. The Hall–Kier alpha value is -3.40. The highest BCUT2D eigenvalue weighted by Crippen LogP contribution is 2.35. The third-order valence-electron chi connectivity index (χ3n) is 4.24. The molecule has 0 aliphatic rings. The summed E-state index contributed by atoms with van der Waals surface area (Å²) in [6, 6.07) is 9.67. The number of hydrogen-bond acceptors (Lipinski definition) is 8.